The average Bonchev–Trinajstić information content (AvgIpc) is 3.16. The molecule has 1 saturated carbocycles. The Hall–Kier alpha value is -0.845. The molecule has 1 saturated heterocycles. The number of benzene rings is 1. The maximum absolute atomic E-state index is 11.9. The van der Waals surface area contributed by atoms with Gasteiger partial charge in [0.05, 0.1) is 16.1 Å². The number of hydrogen-bond donors (Lipinski definition) is 0. The van der Waals surface area contributed by atoms with Crippen LogP contribution in [-0.2, 0) is 19.1 Å². The van der Waals surface area contributed by atoms with Crippen molar-refractivity contribution in [2.45, 2.75) is 62.6 Å². The van der Waals surface area contributed by atoms with E-state index in [0.29, 0.717) is 10.8 Å². The van der Waals surface area contributed by atoms with Crippen LogP contribution in [0.15, 0.2) is 23.1 Å². The fraction of sp³-hybridized carbons (Fsp3) is 0.625. The normalized spacial score (nSPS) is 23.8. The van der Waals surface area contributed by atoms with Crippen molar-refractivity contribution in [3.8, 4) is 0 Å². The number of sulfone groups is 1. The predicted molar refractivity (Wildman–Crippen MR) is 87.2 cm³/mol. The predicted octanol–water partition coefficient (Wildman–Crippen LogP) is 2.27. The molecule has 0 unspecified atom stereocenters. The first-order chi connectivity index (χ1) is 10.0. The molecule has 2 aliphatic rings. The second-order valence-corrected chi connectivity index (χ2v) is 9.44. The standard InChI is InChI=1S/C16H23BO4S/c1-15(2)16(3,4)21-17(20-15)14-10-12(22(5,18)19)8-9-13(14)11-6-7-11/h8-11H,6-7H2,1-5H3. The van der Waals surface area contributed by atoms with Crippen molar-refractivity contribution in [2.24, 2.45) is 0 Å². The minimum Gasteiger partial charge on any atom is -0.399 e. The maximum Gasteiger partial charge on any atom is 0.495 e. The zero-order chi connectivity index (χ0) is 16.3. The molecule has 120 valence electrons. The molecule has 3 rings (SSSR count). The van der Waals surface area contributed by atoms with Crippen LogP contribution in [-0.4, -0.2) is 33.0 Å². The fourth-order valence-electron chi connectivity index (χ4n) is 2.72. The van der Waals surface area contributed by atoms with Crippen LogP contribution in [0.3, 0.4) is 0 Å². The van der Waals surface area contributed by atoms with Gasteiger partial charge in [0.15, 0.2) is 9.84 Å². The Morgan fingerprint density at radius 1 is 1.09 bits per heavy atom. The second kappa shape index (κ2) is 4.82. The molecule has 1 heterocycles. The van der Waals surface area contributed by atoms with E-state index in [1.807, 2.05) is 33.8 Å². The van der Waals surface area contributed by atoms with Gasteiger partial charge in [0, 0.05) is 6.26 Å². The topological polar surface area (TPSA) is 52.6 Å². The highest BCUT2D eigenvalue weighted by Gasteiger charge is 2.52. The van der Waals surface area contributed by atoms with Gasteiger partial charge in [0.25, 0.3) is 0 Å². The second-order valence-electron chi connectivity index (χ2n) is 7.43. The van der Waals surface area contributed by atoms with Gasteiger partial charge in [-0.1, -0.05) is 6.07 Å². The molecule has 0 amide bonds. The third-order valence-corrected chi connectivity index (χ3v) is 6.12. The molecule has 1 aromatic carbocycles. The Balaban J connectivity index is 2.05. The highest BCUT2D eigenvalue weighted by Crippen LogP contribution is 2.42. The summed E-state index contributed by atoms with van der Waals surface area (Å²) in [5.74, 6) is 0.502. The zero-order valence-electron chi connectivity index (χ0n) is 13.8. The first-order valence-corrected chi connectivity index (χ1v) is 9.60. The van der Waals surface area contributed by atoms with Crippen molar-refractivity contribution in [1.29, 1.82) is 0 Å². The lowest BCUT2D eigenvalue weighted by molar-refractivity contribution is 0.00578. The lowest BCUT2D eigenvalue weighted by atomic mass is 9.75. The summed E-state index contributed by atoms with van der Waals surface area (Å²) in [6.07, 6.45) is 3.52. The van der Waals surface area contributed by atoms with Gasteiger partial charge in [0.2, 0.25) is 0 Å². The monoisotopic (exact) mass is 322 g/mol. The van der Waals surface area contributed by atoms with Crippen LogP contribution in [0.25, 0.3) is 0 Å². The van der Waals surface area contributed by atoms with E-state index >= 15 is 0 Å². The summed E-state index contributed by atoms with van der Waals surface area (Å²) in [6, 6.07) is 5.34. The van der Waals surface area contributed by atoms with E-state index in [0.717, 1.165) is 23.9 Å². The van der Waals surface area contributed by atoms with Gasteiger partial charge in [-0.05, 0) is 69.6 Å². The van der Waals surface area contributed by atoms with Gasteiger partial charge in [0.1, 0.15) is 0 Å². The Kier molecular flexibility index (Phi) is 3.51. The number of hydrogen-bond acceptors (Lipinski definition) is 4. The molecule has 1 aliphatic heterocycles. The van der Waals surface area contributed by atoms with Crippen molar-refractivity contribution < 1.29 is 17.7 Å². The minimum absolute atomic E-state index is 0.321. The third kappa shape index (κ3) is 2.72. The van der Waals surface area contributed by atoms with Gasteiger partial charge >= 0.3 is 7.12 Å². The zero-order valence-corrected chi connectivity index (χ0v) is 14.7. The van der Waals surface area contributed by atoms with Gasteiger partial charge < -0.3 is 9.31 Å². The van der Waals surface area contributed by atoms with E-state index in [9.17, 15) is 8.42 Å². The first kappa shape index (κ1) is 16.0. The van der Waals surface area contributed by atoms with Crippen LogP contribution in [0.4, 0.5) is 0 Å². The molecule has 0 atom stereocenters. The van der Waals surface area contributed by atoms with Crippen LogP contribution in [0, 0.1) is 0 Å². The summed E-state index contributed by atoms with van der Waals surface area (Å²) < 4.78 is 36.0. The number of rotatable bonds is 3. The minimum atomic E-state index is -3.25. The average molecular weight is 322 g/mol. The quantitative estimate of drug-likeness (QED) is 0.801. The van der Waals surface area contributed by atoms with Gasteiger partial charge in [-0.2, -0.15) is 0 Å². The molecule has 22 heavy (non-hydrogen) atoms. The van der Waals surface area contributed by atoms with Gasteiger partial charge in [-0.3, -0.25) is 0 Å². The molecule has 2 fully saturated rings. The molecule has 1 aromatic rings. The molecule has 0 spiro atoms. The summed E-state index contributed by atoms with van der Waals surface area (Å²) in [7, 11) is -3.76. The Labute approximate surface area is 133 Å². The molecule has 0 aromatic heterocycles. The lowest BCUT2D eigenvalue weighted by Gasteiger charge is -2.32. The summed E-state index contributed by atoms with van der Waals surface area (Å²) in [6.45, 7) is 8.02. The Morgan fingerprint density at radius 3 is 2.09 bits per heavy atom. The molecule has 6 heteroatoms. The van der Waals surface area contributed by atoms with E-state index in [4.69, 9.17) is 9.31 Å². The molecule has 4 nitrogen and oxygen atoms in total. The van der Waals surface area contributed by atoms with Gasteiger partial charge in [-0.15, -0.1) is 0 Å². The fourth-order valence-corrected chi connectivity index (χ4v) is 3.38. The molecule has 0 radical (unpaired) electrons. The van der Waals surface area contributed by atoms with Gasteiger partial charge in [-0.25, -0.2) is 8.42 Å². The Morgan fingerprint density at radius 2 is 1.64 bits per heavy atom. The maximum atomic E-state index is 11.9. The summed E-state index contributed by atoms with van der Waals surface area (Å²) in [5.41, 5.74) is 1.16. The smallest absolute Gasteiger partial charge is 0.399 e. The highest BCUT2D eigenvalue weighted by atomic mass is 32.2. The van der Waals surface area contributed by atoms with E-state index in [1.165, 1.54) is 6.26 Å². The summed E-state index contributed by atoms with van der Waals surface area (Å²) >= 11 is 0. The van der Waals surface area contributed by atoms with Crippen molar-refractivity contribution >= 4 is 22.4 Å². The SMILES string of the molecule is CC1(C)OB(c2cc(S(C)(=O)=O)ccc2C2CC2)OC1(C)C. The lowest BCUT2D eigenvalue weighted by Crippen LogP contribution is -2.41. The summed E-state index contributed by atoms with van der Waals surface area (Å²) in [5, 5.41) is 0. The first-order valence-electron chi connectivity index (χ1n) is 7.71. The molecular weight excluding hydrogens is 299 g/mol. The van der Waals surface area contributed by atoms with Crippen molar-refractivity contribution in [3.63, 3.8) is 0 Å². The summed E-state index contributed by atoms with van der Waals surface area (Å²) in [4.78, 5) is 0.321. The largest absolute Gasteiger partial charge is 0.495 e. The van der Waals surface area contributed by atoms with E-state index < -0.39 is 28.2 Å². The van der Waals surface area contributed by atoms with E-state index in [2.05, 4.69) is 0 Å². The van der Waals surface area contributed by atoms with Crippen LogP contribution in [0.2, 0.25) is 0 Å². The molecule has 0 bridgehead atoms. The van der Waals surface area contributed by atoms with Crippen LogP contribution in [0.5, 0.6) is 0 Å². The van der Waals surface area contributed by atoms with Crippen molar-refractivity contribution in [2.75, 3.05) is 6.26 Å². The van der Waals surface area contributed by atoms with Crippen LogP contribution in [0.1, 0.15) is 52.0 Å². The third-order valence-electron chi connectivity index (χ3n) is 5.01. The molecular formula is C16H23BO4S. The molecule has 1 aliphatic carbocycles. The van der Waals surface area contributed by atoms with Crippen LogP contribution < -0.4 is 5.46 Å². The molecule has 0 N–H and O–H groups in total. The van der Waals surface area contributed by atoms with Crippen LogP contribution >= 0.6 is 0 Å². The van der Waals surface area contributed by atoms with Crippen molar-refractivity contribution in [3.05, 3.63) is 23.8 Å². The van der Waals surface area contributed by atoms with E-state index in [-0.39, 0.29) is 0 Å². The van der Waals surface area contributed by atoms with Crippen molar-refractivity contribution in [1.82, 2.24) is 0 Å². The Bertz CT molecular complexity index is 689. The highest BCUT2D eigenvalue weighted by molar-refractivity contribution is 7.90. The van der Waals surface area contributed by atoms with E-state index in [1.54, 1.807) is 12.1 Å².